The molecule has 2 heterocycles. The highest BCUT2D eigenvalue weighted by atomic mass is 19.4. The lowest BCUT2D eigenvalue weighted by Crippen LogP contribution is -2.46. The maximum absolute atomic E-state index is 13.0. The van der Waals surface area contributed by atoms with Crippen molar-refractivity contribution < 1.29 is 31.9 Å². The molecular formula is C21H12F3NO5. The van der Waals surface area contributed by atoms with Gasteiger partial charge in [-0.15, -0.1) is 0 Å². The van der Waals surface area contributed by atoms with Gasteiger partial charge in [0.2, 0.25) is 0 Å². The number of halogens is 3. The van der Waals surface area contributed by atoms with Crippen molar-refractivity contribution in [2.24, 2.45) is 0 Å². The molecule has 9 heteroatoms. The molecule has 30 heavy (non-hydrogen) atoms. The highest BCUT2D eigenvalue weighted by Gasteiger charge is 2.59. The van der Waals surface area contributed by atoms with Gasteiger partial charge in [0.05, 0.1) is 29.5 Å². The van der Waals surface area contributed by atoms with Crippen LogP contribution < -0.4 is 10.4 Å². The number of hydrogen-bond donors (Lipinski definition) is 0. The molecule has 0 bridgehead atoms. The van der Waals surface area contributed by atoms with Crippen molar-refractivity contribution in [3.8, 4) is 11.8 Å². The fourth-order valence-corrected chi connectivity index (χ4v) is 3.63. The fourth-order valence-electron chi connectivity index (χ4n) is 3.63. The number of rotatable bonds is 2. The number of nitriles is 1. The number of methoxy groups -OCH3 is 1. The molecule has 6 nitrogen and oxygen atoms in total. The van der Waals surface area contributed by atoms with E-state index < -0.39 is 34.9 Å². The van der Waals surface area contributed by atoms with Crippen LogP contribution in [0.25, 0.3) is 11.0 Å². The predicted octanol–water partition coefficient (Wildman–Crippen LogP) is 3.77. The molecule has 0 saturated heterocycles. The Morgan fingerprint density at radius 2 is 1.83 bits per heavy atom. The van der Waals surface area contributed by atoms with Crippen LogP contribution in [0.3, 0.4) is 0 Å². The summed E-state index contributed by atoms with van der Waals surface area (Å²) in [5.74, 6) is -2.48. The summed E-state index contributed by atoms with van der Waals surface area (Å²) in [6.45, 7) is 0. The van der Waals surface area contributed by atoms with Gasteiger partial charge in [0.15, 0.2) is 0 Å². The van der Waals surface area contributed by atoms with Crippen LogP contribution in [0.4, 0.5) is 13.2 Å². The average Bonchev–Trinajstić information content (AvgIpc) is 3.10. The van der Waals surface area contributed by atoms with Crippen molar-refractivity contribution in [3.63, 3.8) is 0 Å². The van der Waals surface area contributed by atoms with Crippen molar-refractivity contribution in [2.45, 2.75) is 17.7 Å². The van der Waals surface area contributed by atoms with E-state index in [4.69, 9.17) is 13.9 Å². The molecule has 0 spiro atoms. The molecule has 0 saturated carbocycles. The van der Waals surface area contributed by atoms with E-state index >= 15 is 0 Å². The zero-order valence-electron chi connectivity index (χ0n) is 15.3. The second-order valence-electron chi connectivity index (χ2n) is 6.62. The van der Waals surface area contributed by atoms with E-state index in [1.165, 1.54) is 6.07 Å². The van der Waals surface area contributed by atoms with Gasteiger partial charge in [0.25, 0.3) is 0 Å². The third kappa shape index (κ3) is 2.72. The Morgan fingerprint density at radius 1 is 1.17 bits per heavy atom. The first-order valence-electron chi connectivity index (χ1n) is 8.64. The zero-order chi connectivity index (χ0) is 21.7. The minimum Gasteiger partial charge on any atom is -0.465 e. The Kier molecular flexibility index (Phi) is 4.31. The van der Waals surface area contributed by atoms with Crippen molar-refractivity contribution >= 4 is 16.9 Å². The summed E-state index contributed by atoms with van der Waals surface area (Å²) in [5.41, 5.74) is -3.97. The number of para-hydroxylation sites is 1. The predicted molar refractivity (Wildman–Crippen MR) is 96.8 cm³/mol. The maximum atomic E-state index is 13.0. The Hall–Kier alpha value is -3.80. The molecule has 2 aromatic carbocycles. The number of benzene rings is 2. The molecule has 3 aromatic rings. The van der Waals surface area contributed by atoms with E-state index in [1.807, 2.05) is 0 Å². The molecule has 152 valence electrons. The topological polar surface area (TPSA) is 89.5 Å². The lowest BCUT2D eigenvalue weighted by atomic mass is 9.80. The Morgan fingerprint density at radius 3 is 2.43 bits per heavy atom. The van der Waals surface area contributed by atoms with Gasteiger partial charge in [-0.2, -0.15) is 18.4 Å². The molecule has 0 radical (unpaired) electrons. The first-order valence-corrected chi connectivity index (χ1v) is 8.64. The Balaban J connectivity index is 2.01. The summed E-state index contributed by atoms with van der Waals surface area (Å²) in [5, 5.41) is 10.2. The van der Waals surface area contributed by atoms with Crippen LogP contribution in [0.2, 0.25) is 0 Å². The summed E-state index contributed by atoms with van der Waals surface area (Å²) in [6, 6.07) is 11.9. The molecule has 2 unspecified atom stereocenters. The standard InChI is InChI=1S/C21H12F3NO5/c1-28-19(27)20(10-25)16(11-6-8-12(9-7-11)21(22,23)24)15-17(30-20)13-4-2-3-5-14(13)29-18(15)26/h2-9,16H,1H3. The van der Waals surface area contributed by atoms with Gasteiger partial charge >= 0.3 is 23.4 Å². The molecule has 1 aromatic heterocycles. The van der Waals surface area contributed by atoms with E-state index in [9.17, 15) is 28.0 Å². The number of ether oxygens (including phenoxy) is 2. The third-order valence-corrected chi connectivity index (χ3v) is 4.98. The molecule has 4 rings (SSSR count). The second kappa shape index (κ2) is 6.62. The van der Waals surface area contributed by atoms with Gasteiger partial charge in [-0.1, -0.05) is 24.3 Å². The maximum Gasteiger partial charge on any atom is 0.416 e. The van der Waals surface area contributed by atoms with Crippen LogP contribution in [-0.2, 0) is 15.7 Å². The molecule has 0 amide bonds. The normalized spacial score (nSPS) is 20.3. The number of hydrogen-bond acceptors (Lipinski definition) is 6. The summed E-state index contributed by atoms with van der Waals surface area (Å²) < 4.78 is 54.7. The largest absolute Gasteiger partial charge is 0.465 e. The van der Waals surface area contributed by atoms with E-state index in [0.29, 0.717) is 5.39 Å². The smallest absolute Gasteiger partial charge is 0.416 e. The van der Waals surface area contributed by atoms with Crippen molar-refractivity contribution in [3.05, 3.63) is 75.6 Å². The zero-order valence-corrected chi connectivity index (χ0v) is 15.3. The number of esters is 1. The van der Waals surface area contributed by atoms with Crippen LogP contribution in [0.15, 0.2) is 57.7 Å². The molecule has 1 aliphatic rings. The van der Waals surface area contributed by atoms with E-state index in [-0.39, 0.29) is 22.5 Å². The fraction of sp³-hybridized carbons (Fsp3) is 0.190. The number of carbonyl (C=O) groups is 1. The molecule has 0 aliphatic carbocycles. The van der Waals surface area contributed by atoms with E-state index in [0.717, 1.165) is 31.4 Å². The molecule has 2 atom stereocenters. The number of carbonyl (C=O) groups excluding carboxylic acids is 1. The van der Waals surface area contributed by atoms with Crippen molar-refractivity contribution in [1.82, 2.24) is 0 Å². The lowest BCUT2D eigenvalue weighted by molar-refractivity contribution is -0.153. The summed E-state index contributed by atoms with van der Waals surface area (Å²) >= 11 is 0. The molecular weight excluding hydrogens is 403 g/mol. The van der Waals surface area contributed by atoms with E-state index in [2.05, 4.69) is 0 Å². The van der Waals surface area contributed by atoms with Gasteiger partial charge in [0.1, 0.15) is 17.4 Å². The molecule has 0 fully saturated rings. The lowest BCUT2D eigenvalue weighted by Gasteiger charge is -2.25. The highest BCUT2D eigenvalue weighted by Crippen LogP contribution is 2.50. The average molecular weight is 415 g/mol. The van der Waals surface area contributed by atoms with Crippen LogP contribution in [0.5, 0.6) is 5.75 Å². The Labute approximate surface area is 167 Å². The second-order valence-corrected chi connectivity index (χ2v) is 6.62. The minimum absolute atomic E-state index is 0.0429. The summed E-state index contributed by atoms with van der Waals surface area (Å²) in [7, 11) is 1.04. The summed E-state index contributed by atoms with van der Waals surface area (Å²) in [4.78, 5) is 25.4. The summed E-state index contributed by atoms with van der Waals surface area (Å²) in [6.07, 6.45) is -4.58. The van der Waals surface area contributed by atoms with Crippen molar-refractivity contribution in [2.75, 3.05) is 7.11 Å². The Bertz CT molecular complexity index is 1260. The van der Waals surface area contributed by atoms with Crippen LogP contribution >= 0.6 is 0 Å². The van der Waals surface area contributed by atoms with Crippen LogP contribution in [-0.4, -0.2) is 18.7 Å². The third-order valence-electron chi connectivity index (χ3n) is 4.98. The quantitative estimate of drug-likeness (QED) is 0.468. The number of nitrogens with zero attached hydrogens (tertiary/aromatic N) is 1. The highest BCUT2D eigenvalue weighted by molar-refractivity contribution is 5.92. The minimum atomic E-state index is -4.58. The van der Waals surface area contributed by atoms with Crippen LogP contribution in [0.1, 0.15) is 22.6 Å². The molecule has 0 N–H and O–H groups in total. The van der Waals surface area contributed by atoms with Crippen molar-refractivity contribution in [1.29, 1.82) is 5.26 Å². The molecule has 1 aliphatic heterocycles. The van der Waals surface area contributed by atoms with Gasteiger partial charge in [-0.25, -0.2) is 9.59 Å². The van der Waals surface area contributed by atoms with E-state index in [1.54, 1.807) is 24.3 Å². The number of fused-ring (bicyclic) bond motifs is 3. The van der Waals surface area contributed by atoms with Gasteiger partial charge in [-0.3, -0.25) is 0 Å². The van der Waals surface area contributed by atoms with Gasteiger partial charge < -0.3 is 13.9 Å². The van der Waals surface area contributed by atoms with Gasteiger partial charge in [0, 0.05) is 0 Å². The monoisotopic (exact) mass is 415 g/mol. The van der Waals surface area contributed by atoms with Gasteiger partial charge in [-0.05, 0) is 29.8 Å². The first kappa shape index (κ1) is 19.5. The SMILES string of the molecule is COC(=O)C1(C#N)Oc2c(c(=O)oc3ccccc23)C1c1ccc(C(F)(F)F)cc1. The van der Waals surface area contributed by atoms with Crippen LogP contribution in [0, 0.1) is 11.3 Å². The number of alkyl halides is 3. The first-order chi connectivity index (χ1) is 14.2.